The number of rotatable bonds is 8. The SMILES string of the molecule is Cc1cc(-c2cnc3c(NCCC(F)(F)F)cc(C4(c5cccc(F)c5F)SC=CS4)nn23)ccc1C(=O)NC1CC1. The van der Waals surface area contributed by atoms with E-state index in [2.05, 4.69) is 15.6 Å². The van der Waals surface area contributed by atoms with Gasteiger partial charge in [-0.3, -0.25) is 4.79 Å². The summed E-state index contributed by atoms with van der Waals surface area (Å²) < 4.78 is 68.8. The number of benzene rings is 2. The number of imidazole rings is 1. The van der Waals surface area contributed by atoms with Crippen LogP contribution < -0.4 is 10.6 Å². The van der Waals surface area contributed by atoms with E-state index in [4.69, 9.17) is 5.10 Å². The van der Waals surface area contributed by atoms with Crippen LogP contribution in [-0.4, -0.2) is 39.3 Å². The maximum Gasteiger partial charge on any atom is 0.390 e. The van der Waals surface area contributed by atoms with Gasteiger partial charge in [-0.2, -0.15) is 18.3 Å². The number of amides is 1. The lowest BCUT2D eigenvalue weighted by Crippen LogP contribution is -2.26. The van der Waals surface area contributed by atoms with Crippen molar-refractivity contribution in [2.75, 3.05) is 11.9 Å². The Balaban J connectivity index is 1.47. The fourth-order valence-electron chi connectivity index (χ4n) is 4.78. The number of aryl methyl sites for hydroxylation is 1. The number of fused-ring (bicyclic) bond motifs is 1. The van der Waals surface area contributed by atoms with Crippen molar-refractivity contribution in [3.05, 3.63) is 93.5 Å². The Bertz CT molecular complexity index is 1710. The van der Waals surface area contributed by atoms with Gasteiger partial charge in [-0.15, -0.1) is 23.5 Å². The molecule has 0 saturated heterocycles. The predicted octanol–water partition coefficient (Wildman–Crippen LogP) is 7.39. The van der Waals surface area contributed by atoms with E-state index < -0.39 is 34.9 Å². The molecule has 2 aromatic carbocycles. The van der Waals surface area contributed by atoms with Gasteiger partial charge in [0.15, 0.2) is 17.3 Å². The van der Waals surface area contributed by atoms with Crippen LogP contribution in [0, 0.1) is 18.6 Å². The number of carbonyl (C=O) groups is 1. The van der Waals surface area contributed by atoms with Crippen LogP contribution in [0.25, 0.3) is 16.9 Å². The Kier molecular flexibility index (Phi) is 7.42. The molecule has 4 aromatic rings. The standard InChI is InChI=1S/C29H24F5N5OS2/c1-16-13-17(5-8-19(16)27(40)37-18-6-7-18)23-15-36-26-22(35-10-9-28(32,33)34)14-24(38-39(23)26)29(41-11-12-42-29)20-3-2-4-21(30)25(20)31/h2-5,8,11-15,18,35H,6-7,9-10H2,1H3,(H,37,40). The van der Waals surface area contributed by atoms with Gasteiger partial charge in [0, 0.05) is 29.3 Å². The van der Waals surface area contributed by atoms with E-state index >= 15 is 4.39 Å². The molecule has 0 atom stereocenters. The highest BCUT2D eigenvalue weighted by atomic mass is 32.2. The lowest BCUT2D eigenvalue weighted by Gasteiger charge is -2.28. The zero-order valence-corrected chi connectivity index (χ0v) is 23.8. The first-order valence-electron chi connectivity index (χ1n) is 13.1. The van der Waals surface area contributed by atoms with Crippen molar-refractivity contribution < 1.29 is 26.7 Å². The molecule has 2 N–H and O–H groups in total. The summed E-state index contributed by atoms with van der Waals surface area (Å²) in [5.74, 6) is -2.21. The molecule has 3 heterocycles. The van der Waals surface area contributed by atoms with Gasteiger partial charge in [-0.05, 0) is 60.4 Å². The summed E-state index contributed by atoms with van der Waals surface area (Å²) in [5.41, 5.74) is 3.29. The third kappa shape index (κ3) is 5.47. The molecule has 2 aliphatic rings. The van der Waals surface area contributed by atoms with Crippen molar-refractivity contribution in [1.82, 2.24) is 19.9 Å². The fraction of sp³-hybridized carbons (Fsp3) is 0.276. The van der Waals surface area contributed by atoms with Crippen LogP contribution >= 0.6 is 23.5 Å². The number of nitrogens with one attached hydrogen (secondary N) is 2. The van der Waals surface area contributed by atoms with Crippen molar-refractivity contribution in [1.29, 1.82) is 0 Å². The van der Waals surface area contributed by atoms with E-state index in [-0.39, 0.29) is 34.5 Å². The number of hydrogen-bond donors (Lipinski definition) is 2. The van der Waals surface area contributed by atoms with Gasteiger partial charge in [0.05, 0.1) is 29.7 Å². The number of thioether (sulfide) groups is 2. The number of halogens is 5. The Labute approximate surface area is 246 Å². The summed E-state index contributed by atoms with van der Waals surface area (Å²) in [6, 6.07) is 10.9. The maximum absolute atomic E-state index is 15.2. The Morgan fingerprint density at radius 3 is 2.57 bits per heavy atom. The number of alkyl halides is 3. The average molecular weight is 618 g/mol. The molecular formula is C29H24F5N5OS2. The summed E-state index contributed by atoms with van der Waals surface area (Å²) in [6.07, 6.45) is -1.99. The minimum absolute atomic E-state index is 0.0409. The van der Waals surface area contributed by atoms with E-state index in [0.717, 1.165) is 24.5 Å². The van der Waals surface area contributed by atoms with Crippen molar-refractivity contribution in [2.24, 2.45) is 0 Å². The highest BCUT2D eigenvalue weighted by Gasteiger charge is 2.43. The summed E-state index contributed by atoms with van der Waals surface area (Å²) in [4.78, 5) is 17.1. The van der Waals surface area contributed by atoms with Crippen LogP contribution in [0.3, 0.4) is 0 Å². The second kappa shape index (κ2) is 10.9. The first kappa shape index (κ1) is 28.5. The highest BCUT2D eigenvalue weighted by molar-refractivity contribution is 8.23. The van der Waals surface area contributed by atoms with Gasteiger partial charge in [-0.1, -0.05) is 18.2 Å². The van der Waals surface area contributed by atoms with Crippen LogP contribution in [0.2, 0.25) is 0 Å². The van der Waals surface area contributed by atoms with Crippen LogP contribution in [0.1, 0.15) is 46.4 Å². The van der Waals surface area contributed by atoms with Crippen molar-refractivity contribution in [3.8, 4) is 11.3 Å². The summed E-state index contributed by atoms with van der Waals surface area (Å²) in [7, 11) is 0. The molecule has 6 nitrogen and oxygen atoms in total. The second-order valence-electron chi connectivity index (χ2n) is 10.1. The summed E-state index contributed by atoms with van der Waals surface area (Å²) in [6.45, 7) is 1.39. The minimum atomic E-state index is -4.38. The fourth-order valence-corrected chi connectivity index (χ4v) is 7.18. The highest BCUT2D eigenvalue weighted by Crippen LogP contribution is 2.57. The molecule has 6 rings (SSSR count). The van der Waals surface area contributed by atoms with Gasteiger partial charge in [0.1, 0.15) is 4.08 Å². The van der Waals surface area contributed by atoms with E-state index in [0.29, 0.717) is 16.8 Å². The minimum Gasteiger partial charge on any atom is -0.382 e. The molecule has 1 aliphatic heterocycles. The van der Waals surface area contributed by atoms with Crippen LogP contribution in [-0.2, 0) is 4.08 Å². The van der Waals surface area contributed by atoms with Gasteiger partial charge in [0.25, 0.3) is 5.91 Å². The second-order valence-corrected chi connectivity index (χ2v) is 12.6. The molecule has 0 unspecified atom stereocenters. The van der Waals surface area contributed by atoms with E-state index in [1.807, 2.05) is 13.0 Å². The molecule has 1 fully saturated rings. The molecule has 1 aliphatic carbocycles. The van der Waals surface area contributed by atoms with E-state index in [1.54, 1.807) is 29.1 Å². The smallest absolute Gasteiger partial charge is 0.382 e. The third-order valence-electron chi connectivity index (χ3n) is 7.04. The zero-order chi connectivity index (χ0) is 29.6. The number of nitrogens with zero attached hydrogens (tertiary/aromatic N) is 3. The first-order valence-corrected chi connectivity index (χ1v) is 14.9. The van der Waals surface area contributed by atoms with Gasteiger partial charge < -0.3 is 10.6 Å². The van der Waals surface area contributed by atoms with Crippen LogP contribution in [0.4, 0.5) is 27.6 Å². The zero-order valence-electron chi connectivity index (χ0n) is 22.1. The summed E-state index contributed by atoms with van der Waals surface area (Å²) in [5, 5.41) is 14.1. The molecule has 0 spiro atoms. The van der Waals surface area contributed by atoms with Crippen molar-refractivity contribution in [3.63, 3.8) is 0 Å². The summed E-state index contributed by atoms with van der Waals surface area (Å²) >= 11 is 2.43. The molecule has 0 radical (unpaired) electrons. The lowest BCUT2D eigenvalue weighted by atomic mass is 10.0. The lowest BCUT2D eigenvalue weighted by molar-refractivity contribution is -0.131. The van der Waals surface area contributed by atoms with Gasteiger partial charge in [-0.25, -0.2) is 18.3 Å². The Morgan fingerprint density at radius 1 is 1.12 bits per heavy atom. The topological polar surface area (TPSA) is 71.3 Å². The monoisotopic (exact) mass is 617 g/mol. The van der Waals surface area contributed by atoms with E-state index in [9.17, 15) is 22.4 Å². The molecule has 218 valence electrons. The number of anilines is 1. The number of hydrogen-bond acceptors (Lipinski definition) is 6. The van der Waals surface area contributed by atoms with Crippen molar-refractivity contribution in [2.45, 2.75) is 42.5 Å². The average Bonchev–Trinajstić information content (AvgIpc) is 3.42. The number of aromatic nitrogens is 3. The third-order valence-corrected chi connectivity index (χ3v) is 9.85. The normalized spacial score (nSPS) is 16.2. The molecule has 1 saturated carbocycles. The van der Waals surface area contributed by atoms with Gasteiger partial charge >= 0.3 is 6.18 Å². The van der Waals surface area contributed by atoms with Gasteiger partial charge in [0.2, 0.25) is 0 Å². The molecule has 2 aromatic heterocycles. The quantitative estimate of drug-likeness (QED) is 0.201. The molecule has 13 heteroatoms. The maximum atomic E-state index is 15.2. The first-order chi connectivity index (χ1) is 20.1. The Hall–Kier alpha value is -3.58. The molecule has 1 amide bonds. The molecule has 42 heavy (non-hydrogen) atoms. The number of carbonyl (C=O) groups excluding carboxylic acids is 1. The van der Waals surface area contributed by atoms with Crippen molar-refractivity contribution >= 4 is 40.8 Å². The van der Waals surface area contributed by atoms with Crippen LogP contribution in [0.5, 0.6) is 0 Å². The Morgan fingerprint density at radius 2 is 1.88 bits per heavy atom. The largest absolute Gasteiger partial charge is 0.390 e. The van der Waals surface area contributed by atoms with Crippen LogP contribution in [0.15, 0.2) is 59.5 Å². The predicted molar refractivity (Wildman–Crippen MR) is 154 cm³/mol. The molecular weight excluding hydrogens is 593 g/mol. The molecule has 0 bridgehead atoms. The van der Waals surface area contributed by atoms with E-state index in [1.165, 1.54) is 46.2 Å².